The minimum Gasteiger partial charge on any atom is -0.508 e. The van der Waals surface area contributed by atoms with Gasteiger partial charge in [0.1, 0.15) is 39.9 Å². The molecule has 2 heterocycles. The van der Waals surface area contributed by atoms with Gasteiger partial charge in [-0.15, -0.1) is 0 Å². The summed E-state index contributed by atoms with van der Waals surface area (Å²) in [6.07, 6.45) is -0.234. The Morgan fingerprint density at radius 3 is 2.62 bits per heavy atom. The van der Waals surface area contributed by atoms with Crippen molar-refractivity contribution >= 4 is 21.9 Å². The van der Waals surface area contributed by atoms with E-state index in [4.69, 9.17) is 9.15 Å². The molecule has 1 atom stereocenters. The molecule has 124 valence electrons. The molecule has 0 amide bonds. The van der Waals surface area contributed by atoms with Crippen LogP contribution in [0.3, 0.4) is 0 Å². The van der Waals surface area contributed by atoms with Crippen molar-refractivity contribution in [2.75, 3.05) is 0 Å². The van der Waals surface area contributed by atoms with Gasteiger partial charge in [0.25, 0.3) is 0 Å². The molecule has 0 aliphatic carbocycles. The number of phenolic OH excluding ortho intramolecular Hbond substituents is 2. The summed E-state index contributed by atoms with van der Waals surface area (Å²) in [7, 11) is 0. The van der Waals surface area contributed by atoms with Crippen molar-refractivity contribution in [3.05, 3.63) is 40.1 Å². The summed E-state index contributed by atoms with van der Waals surface area (Å²) in [4.78, 5) is 12.7. The first kappa shape index (κ1) is 14.8. The van der Waals surface area contributed by atoms with E-state index < -0.39 is 17.1 Å². The van der Waals surface area contributed by atoms with Crippen LogP contribution in [0.4, 0.5) is 0 Å². The Morgan fingerprint density at radius 2 is 1.92 bits per heavy atom. The van der Waals surface area contributed by atoms with Gasteiger partial charge in [-0.05, 0) is 32.0 Å². The Labute approximate surface area is 136 Å². The van der Waals surface area contributed by atoms with Crippen LogP contribution in [0.1, 0.15) is 19.4 Å². The normalized spacial score (nSPS) is 17.2. The Kier molecular flexibility index (Phi) is 2.87. The lowest BCUT2D eigenvalue weighted by atomic mass is 9.96. The first-order valence-electron chi connectivity index (χ1n) is 7.59. The predicted molar refractivity (Wildman–Crippen MR) is 87.7 cm³/mol. The smallest absolute Gasteiger partial charge is 0.204 e. The number of aliphatic hydroxyl groups is 1. The van der Waals surface area contributed by atoms with Gasteiger partial charge < -0.3 is 24.5 Å². The van der Waals surface area contributed by atoms with E-state index in [1.54, 1.807) is 19.9 Å². The highest BCUT2D eigenvalue weighted by Gasteiger charge is 2.37. The minimum atomic E-state index is -1.09. The van der Waals surface area contributed by atoms with E-state index in [1.165, 1.54) is 18.2 Å². The maximum absolute atomic E-state index is 12.7. The quantitative estimate of drug-likeness (QED) is 0.593. The Hall–Kier alpha value is -2.73. The van der Waals surface area contributed by atoms with Gasteiger partial charge in [-0.3, -0.25) is 4.79 Å². The van der Waals surface area contributed by atoms with Gasteiger partial charge in [0.05, 0.1) is 11.0 Å². The van der Waals surface area contributed by atoms with Crippen molar-refractivity contribution in [1.82, 2.24) is 0 Å². The van der Waals surface area contributed by atoms with E-state index in [-0.39, 0.29) is 34.3 Å². The zero-order valence-electron chi connectivity index (χ0n) is 13.2. The molecule has 0 fully saturated rings. The second-order valence-corrected chi connectivity index (χ2v) is 6.65. The van der Waals surface area contributed by atoms with Gasteiger partial charge in [0, 0.05) is 18.1 Å². The fourth-order valence-electron chi connectivity index (χ4n) is 3.08. The van der Waals surface area contributed by atoms with Crippen LogP contribution in [0, 0.1) is 0 Å². The second kappa shape index (κ2) is 4.64. The van der Waals surface area contributed by atoms with E-state index in [1.807, 2.05) is 0 Å². The van der Waals surface area contributed by atoms with E-state index in [9.17, 15) is 20.1 Å². The summed E-state index contributed by atoms with van der Waals surface area (Å²) >= 11 is 0. The predicted octanol–water partition coefficient (Wildman–Crippen LogP) is 2.43. The Balaban J connectivity index is 2.02. The molecule has 1 aromatic heterocycles. The summed E-state index contributed by atoms with van der Waals surface area (Å²) in [6.45, 7) is 3.25. The topological polar surface area (TPSA) is 100 Å². The van der Waals surface area contributed by atoms with Gasteiger partial charge in [-0.25, -0.2) is 0 Å². The van der Waals surface area contributed by atoms with Crippen LogP contribution in [-0.4, -0.2) is 27.0 Å². The number of aromatic hydroxyl groups is 2. The van der Waals surface area contributed by atoms with Crippen molar-refractivity contribution in [1.29, 1.82) is 0 Å². The highest BCUT2D eigenvalue weighted by atomic mass is 16.5. The molecule has 4 rings (SSSR count). The zero-order valence-corrected chi connectivity index (χ0v) is 13.2. The lowest BCUT2D eigenvalue weighted by Crippen LogP contribution is -2.39. The summed E-state index contributed by atoms with van der Waals surface area (Å²) in [5.41, 5.74) is -0.533. The average molecular weight is 328 g/mol. The van der Waals surface area contributed by atoms with Gasteiger partial charge >= 0.3 is 0 Å². The van der Waals surface area contributed by atoms with Gasteiger partial charge in [0.15, 0.2) is 0 Å². The molecule has 2 aromatic carbocycles. The van der Waals surface area contributed by atoms with Crippen LogP contribution in [0.2, 0.25) is 0 Å². The third-order valence-electron chi connectivity index (χ3n) is 4.43. The molecule has 3 N–H and O–H groups in total. The Bertz CT molecular complexity index is 1040. The maximum Gasteiger partial charge on any atom is 0.204 e. The van der Waals surface area contributed by atoms with E-state index in [0.717, 1.165) is 0 Å². The SMILES string of the molecule is CC(C)(O)[C@H]1Cc2c(cc3oc4ccc(O)cc4c(=O)c3c2O)O1. The summed E-state index contributed by atoms with van der Waals surface area (Å²) in [6, 6.07) is 5.79. The van der Waals surface area contributed by atoms with Crippen molar-refractivity contribution in [2.45, 2.75) is 32.0 Å². The van der Waals surface area contributed by atoms with Gasteiger partial charge in [-0.1, -0.05) is 0 Å². The number of hydrogen-bond acceptors (Lipinski definition) is 6. The number of hydrogen-bond donors (Lipinski definition) is 3. The highest BCUT2D eigenvalue weighted by molar-refractivity contribution is 5.95. The van der Waals surface area contributed by atoms with Gasteiger partial charge in [-0.2, -0.15) is 0 Å². The van der Waals surface area contributed by atoms with E-state index in [2.05, 4.69) is 0 Å². The van der Waals surface area contributed by atoms with Crippen LogP contribution in [0.5, 0.6) is 17.2 Å². The fourth-order valence-corrected chi connectivity index (χ4v) is 3.08. The molecular weight excluding hydrogens is 312 g/mol. The second-order valence-electron chi connectivity index (χ2n) is 6.65. The van der Waals surface area contributed by atoms with Crippen LogP contribution >= 0.6 is 0 Å². The van der Waals surface area contributed by atoms with E-state index in [0.29, 0.717) is 16.9 Å². The number of rotatable bonds is 1. The molecule has 24 heavy (non-hydrogen) atoms. The van der Waals surface area contributed by atoms with Crippen LogP contribution in [0.25, 0.3) is 21.9 Å². The third kappa shape index (κ3) is 2.03. The molecule has 1 aliphatic rings. The third-order valence-corrected chi connectivity index (χ3v) is 4.43. The molecule has 6 nitrogen and oxygen atoms in total. The standard InChI is InChI=1S/C18H16O6/c1-18(2,22)14-6-10-12(24-14)7-13-15(17(10)21)16(20)9-5-8(19)3-4-11(9)23-13/h3-5,7,14,19,21-22H,6H2,1-2H3/t14-/m1/s1. The molecular formula is C18H16O6. The maximum atomic E-state index is 12.7. The molecule has 6 heteroatoms. The van der Waals surface area contributed by atoms with Crippen molar-refractivity contribution in [3.8, 4) is 17.2 Å². The number of fused-ring (bicyclic) bond motifs is 3. The van der Waals surface area contributed by atoms with Crippen molar-refractivity contribution in [3.63, 3.8) is 0 Å². The van der Waals surface area contributed by atoms with Crippen LogP contribution in [0.15, 0.2) is 33.5 Å². The fraction of sp³-hybridized carbons (Fsp3) is 0.278. The monoisotopic (exact) mass is 328 g/mol. The first-order valence-corrected chi connectivity index (χ1v) is 7.59. The van der Waals surface area contributed by atoms with Gasteiger partial charge in [0.2, 0.25) is 5.43 Å². The molecule has 0 bridgehead atoms. The van der Waals surface area contributed by atoms with Crippen LogP contribution in [-0.2, 0) is 6.42 Å². The minimum absolute atomic E-state index is 0.0480. The molecule has 3 aromatic rings. The number of phenols is 2. The average Bonchev–Trinajstić information content (AvgIpc) is 2.93. The largest absolute Gasteiger partial charge is 0.508 e. The Morgan fingerprint density at radius 1 is 1.17 bits per heavy atom. The number of ether oxygens (including phenoxy) is 1. The number of benzene rings is 2. The lowest BCUT2D eigenvalue weighted by Gasteiger charge is -2.24. The summed E-state index contributed by atoms with van der Waals surface area (Å²) < 4.78 is 11.4. The van der Waals surface area contributed by atoms with E-state index >= 15 is 0 Å². The zero-order chi connectivity index (χ0) is 17.2. The van der Waals surface area contributed by atoms with Crippen LogP contribution < -0.4 is 10.2 Å². The van der Waals surface area contributed by atoms with Crippen molar-refractivity contribution in [2.24, 2.45) is 0 Å². The molecule has 1 aliphatic heterocycles. The lowest BCUT2D eigenvalue weighted by molar-refractivity contribution is -0.0229. The summed E-state index contributed by atoms with van der Waals surface area (Å²) in [5.74, 6) is 0.141. The molecule has 0 unspecified atom stereocenters. The molecule has 0 radical (unpaired) electrons. The summed E-state index contributed by atoms with van der Waals surface area (Å²) in [5, 5.41) is 30.5. The van der Waals surface area contributed by atoms with Crippen molar-refractivity contribution < 1.29 is 24.5 Å². The molecule has 0 spiro atoms. The molecule has 0 saturated heterocycles. The first-order chi connectivity index (χ1) is 11.3. The molecule has 0 saturated carbocycles. The highest BCUT2D eigenvalue weighted by Crippen LogP contribution is 2.42.